The van der Waals surface area contributed by atoms with Crippen LogP contribution in [0, 0.1) is 0 Å². The Balaban J connectivity index is 3.17. The first kappa shape index (κ1) is 14.6. The number of aliphatic carboxylic acids is 1. The molecule has 18 heavy (non-hydrogen) atoms. The maximum atomic E-state index is 10.8. The van der Waals surface area contributed by atoms with Crippen LogP contribution in [0.15, 0.2) is 18.2 Å². The molecule has 0 aliphatic heterocycles. The zero-order valence-corrected chi connectivity index (χ0v) is 11.8. The quantitative estimate of drug-likeness (QED) is 0.888. The Morgan fingerprint density at radius 1 is 1.39 bits per heavy atom. The van der Waals surface area contributed by atoms with Crippen LogP contribution < -0.4 is 4.74 Å². The van der Waals surface area contributed by atoms with Gasteiger partial charge in [-0.05, 0) is 28.5 Å². The van der Waals surface area contributed by atoms with Crippen LogP contribution in [-0.4, -0.2) is 18.2 Å². The first-order valence-corrected chi connectivity index (χ1v) is 6.16. The highest BCUT2D eigenvalue weighted by Gasteiger charge is 2.19. The number of hydrogen-bond donors (Lipinski definition) is 1. The average Bonchev–Trinajstić information content (AvgIpc) is 2.26. The molecule has 3 heteroatoms. The third kappa shape index (κ3) is 3.49. The van der Waals surface area contributed by atoms with Gasteiger partial charge in [-0.3, -0.25) is 4.79 Å². The molecular weight excluding hydrogens is 228 g/mol. The third-order valence-electron chi connectivity index (χ3n) is 3.11. The molecule has 1 N–H and O–H groups in total. The Morgan fingerprint density at radius 3 is 2.44 bits per heavy atom. The van der Waals surface area contributed by atoms with Crippen molar-refractivity contribution in [2.24, 2.45) is 0 Å². The van der Waals surface area contributed by atoms with Gasteiger partial charge in [-0.1, -0.05) is 39.8 Å². The molecular formula is C15H22O3. The van der Waals surface area contributed by atoms with E-state index in [0.717, 1.165) is 11.3 Å². The van der Waals surface area contributed by atoms with Crippen LogP contribution in [0.5, 0.6) is 5.75 Å². The molecule has 1 aromatic carbocycles. The fraction of sp³-hybridized carbons (Fsp3) is 0.533. The van der Waals surface area contributed by atoms with E-state index in [9.17, 15) is 4.79 Å². The summed E-state index contributed by atoms with van der Waals surface area (Å²) >= 11 is 0. The Morgan fingerprint density at radius 2 is 2.00 bits per heavy atom. The van der Waals surface area contributed by atoms with Crippen LogP contribution >= 0.6 is 0 Å². The Labute approximate surface area is 109 Å². The van der Waals surface area contributed by atoms with Crippen molar-refractivity contribution in [1.29, 1.82) is 0 Å². The fourth-order valence-electron chi connectivity index (χ4n) is 1.96. The largest absolute Gasteiger partial charge is 0.496 e. The molecule has 1 atom stereocenters. The minimum Gasteiger partial charge on any atom is -0.496 e. The van der Waals surface area contributed by atoms with Crippen molar-refractivity contribution in [2.45, 2.75) is 45.4 Å². The van der Waals surface area contributed by atoms with Gasteiger partial charge in [0, 0.05) is 0 Å². The van der Waals surface area contributed by atoms with E-state index in [-0.39, 0.29) is 17.8 Å². The lowest BCUT2D eigenvalue weighted by atomic mass is 9.84. The summed E-state index contributed by atoms with van der Waals surface area (Å²) in [5, 5.41) is 8.90. The molecule has 0 heterocycles. The van der Waals surface area contributed by atoms with Gasteiger partial charge in [0.1, 0.15) is 5.75 Å². The summed E-state index contributed by atoms with van der Waals surface area (Å²) in [6, 6.07) is 6.02. The Kier molecular flexibility index (Phi) is 4.38. The first-order valence-electron chi connectivity index (χ1n) is 6.16. The summed E-state index contributed by atoms with van der Waals surface area (Å²) in [5.74, 6) is -0.0813. The smallest absolute Gasteiger partial charge is 0.303 e. The summed E-state index contributed by atoms with van der Waals surface area (Å²) in [6.07, 6.45) is 0.115. The molecule has 0 radical (unpaired) electrons. The first-order chi connectivity index (χ1) is 8.25. The van der Waals surface area contributed by atoms with Gasteiger partial charge in [-0.25, -0.2) is 0 Å². The standard InChI is InChI=1S/C15H22O3/c1-10(8-14(16)17)12-9-11(15(2,3)4)6-7-13(12)18-5/h6-7,9-10H,8H2,1-5H3,(H,16,17). The van der Waals surface area contributed by atoms with Gasteiger partial charge in [-0.15, -0.1) is 0 Å². The van der Waals surface area contributed by atoms with Crippen molar-refractivity contribution in [3.8, 4) is 5.75 Å². The second-order valence-corrected chi connectivity index (χ2v) is 5.71. The zero-order valence-electron chi connectivity index (χ0n) is 11.8. The van der Waals surface area contributed by atoms with Crippen molar-refractivity contribution in [3.63, 3.8) is 0 Å². The van der Waals surface area contributed by atoms with E-state index in [4.69, 9.17) is 9.84 Å². The maximum absolute atomic E-state index is 10.8. The SMILES string of the molecule is COc1ccc(C(C)(C)C)cc1C(C)CC(=O)O. The molecule has 0 saturated heterocycles. The molecule has 1 rings (SSSR count). The van der Waals surface area contributed by atoms with E-state index in [2.05, 4.69) is 26.8 Å². The molecule has 0 aromatic heterocycles. The highest BCUT2D eigenvalue weighted by molar-refractivity contribution is 5.68. The van der Waals surface area contributed by atoms with Crippen molar-refractivity contribution in [3.05, 3.63) is 29.3 Å². The lowest BCUT2D eigenvalue weighted by molar-refractivity contribution is -0.137. The van der Waals surface area contributed by atoms with Crippen molar-refractivity contribution in [2.75, 3.05) is 7.11 Å². The number of rotatable bonds is 4. The summed E-state index contributed by atoms with van der Waals surface area (Å²) < 4.78 is 5.32. The summed E-state index contributed by atoms with van der Waals surface area (Å²) in [5.41, 5.74) is 2.20. The number of carboxylic acid groups (broad SMARTS) is 1. The molecule has 100 valence electrons. The highest BCUT2D eigenvalue weighted by Crippen LogP contribution is 2.33. The van der Waals surface area contributed by atoms with Crippen LogP contribution in [-0.2, 0) is 10.2 Å². The van der Waals surface area contributed by atoms with Crippen LogP contribution in [0.25, 0.3) is 0 Å². The van der Waals surface area contributed by atoms with E-state index in [1.54, 1.807) is 7.11 Å². The number of ether oxygens (including phenoxy) is 1. The predicted octanol–water partition coefficient (Wildman–Crippen LogP) is 3.57. The topological polar surface area (TPSA) is 46.5 Å². The van der Waals surface area contributed by atoms with Gasteiger partial charge in [0.25, 0.3) is 0 Å². The summed E-state index contributed by atoms with van der Waals surface area (Å²) in [6.45, 7) is 8.33. The molecule has 0 saturated carbocycles. The number of methoxy groups -OCH3 is 1. The lowest BCUT2D eigenvalue weighted by Gasteiger charge is -2.22. The normalized spacial score (nSPS) is 13.2. The molecule has 0 amide bonds. The fourth-order valence-corrected chi connectivity index (χ4v) is 1.96. The van der Waals surface area contributed by atoms with Gasteiger partial charge in [0.15, 0.2) is 0 Å². The summed E-state index contributed by atoms with van der Waals surface area (Å²) in [7, 11) is 1.61. The minimum absolute atomic E-state index is 0.0456. The molecule has 3 nitrogen and oxygen atoms in total. The monoisotopic (exact) mass is 250 g/mol. The van der Waals surface area contributed by atoms with Gasteiger partial charge in [0.2, 0.25) is 0 Å². The van der Waals surface area contributed by atoms with E-state index < -0.39 is 5.97 Å². The third-order valence-corrected chi connectivity index (χ3v) is 3.11. The van der Waals surface area contributed by atoms with E-state index >= 15 is 0 Å². The molecule has 0 bridgehead atoms. The van der Waals surface area contributed by atoms with Gasteiger partial charge in [-0.2, -0.15) is 0 Å². The van der Waals surface area contributed by atoms with Gasteiger partial charge >= 0.3 is 5.97 Å². The van der Waals surface area contributed by atoms with Crippen LogP contribution in [0.4, 0.5) is 0 Å². The number of hydrogen-bond acceptors (Lipinski definition) is 2. The molecule has 0 aliphatic carbocycles. The molecule has 0 spiro atoms. The molecule has 1 unspecified atom stereocenters. The van der Waals surface area contributed by atoms with Crippen molar-refractivity contribution >= 4 is 5.97 Å². The maximum Gasteiger partial charge on any atom is 0.303 e. The highest BCUT2D eigenvalue weighted by atomic mass is 16.5. The zero-order chi connectivity index (χ0) is 13.9. The molecule has 0 aliphatic rings. The van der Waals surface area contributed by atoms with Crippen molar-refractivity contribution in [1.82, 2.24) is 0 Å². The van der Waals surface area contributed by atoms with Crippen LogP contribution in [0.2, 0.25) is 0 Å². The van der Waals surface area contributed by atoms with E-state index in [1.165, 1.54) is 5.56 Å². The number of carboxylic acids is 1. The van der Waals surface area contributed by atoms with E-state index in [0.29, 0.717) is 0 Å². The van der Waals surface area contributed by atoms with E-state index in [1.807, 2.05) is 19.1 Å². The Hall–Kier alpha value is -1.51. The molecule has 0 fully saturated rings. The van der Waals surface area contributed by atoms with Crippen LogP contribution in [0.3, 0.4) is 0 Å². The van der Waals surface area contributed by atoms with Gasteiger partial charge in [0.05, 0.1) is 13.5 Å². The average molecular weight is 250 g/mol. The number of carbonyl (C=O) groups is 1. The van der Waals surface area contributed by atoms with Gasteiger partial charge < -0.3 is 9.84 Å². The summed E-state index contributed by atoms with van der Waals surface area (Å²) in [4.78, 5) is 10.8. The Bertz CT molecular complexity index is 430. The molecule has 1 aromatic rings. The second kappa shape index (κ2) is 5.42. The number of benzene rings is 1. The lowest BCUT2D eigenvalue weighted by Crippen LogP contribution is -2.13. The van der Waals surface area contributed by atoms with Crippen LogP contribution in [0.1, 0.15) is 51.2 Å². The second-order valence-electron chi connectivity index (χ2n) is 5.71. The predicted molar refractivity (Wildman–Crippen MR) is 72.4 cm³/mol. The minimum atomic E-state index is -0.786. The van der Waals surface area contributed by atoms with Crippen molar-refractivity contribution < 1.29 is 14.6 Å².